The third-order valence-corrected chi connectivity index (χ3v) is 2.78. The van der Waals surface area contributed by atoms with Crippen molar-refractivity contribution in [2.45, 2.75) is 19.5 Å². The number of aromatic nitrogens is 2. The number of hydrogen-bond acceptors (Lipinski definition) is 2. The molecule has 0 spiro atoms. The van der Waals surface area contributed by atoms with E-state index in [9.17, 15) is 4.79 Å². The molecule has 5 heteroatoms. The molecule has 1 aromatic carbocycles. The second kappa shape index (κ2) is 5.69. The maximum absolute atomic E-state index is 11.8. The third-order valence-electron chi connectivity index (χ3n) is 2.58. The van der Waals surface area contributed by atoms with E-state index in [1.54, 1.807) is 6.20 Å². The van der Waals surface area contributed by atoms with E-state index in [0.29, 0.717) is 5.02 Å². The number of rotatable bonds is 4. The molecule has 1 heterocycles. The Labute approximate surface area is 111 Å². The summed E-state index contributed by atoms with van der Waals surface area (Å²) in [4.78, 5) is 11.8. The molecule has 1 atom stereocenters. The molecule has 2 aromatic rings. The van der Waals surface area contributed by atoms with Crippen LogP contribution in [0, 0.1) is 0 Å². The Bertz CT molecular complexity index is 524. The van der Waals surface area contributed by atoms with Crippen molar-refractivity contribution in [1.82, 2.24) is 15.1 Å². The summed E-state index contributed by atoms with van der Waals surface area (Å²) in [6, 6.07) is 9.79. The summed E-state index contributed by atoms with van der Waals surface area (Å²) in [5.41, 5.74) is 1.07. The first-order chi connectivity index (χ1) is 8.65. The topological polar surface area (TPSA) is 46.9 Å². The van der Waals surface area contributed by atoms with E-state index in [0.717, 1.165) is 5.56 Å². The van der Waals surface area contributed by atoms with Gasteiger partial charge in [0, 0.05) is 6.20 Å². The van der Waals surface area contributed by atoms with E-state index in [-0.39, 0.29) is 18.5 Å². The fraction of sp³-hybridized carbons (Fsp3) is 0.231. The maximum Gasteiger partial charge on any atom is 0.242 e. The summed E-state index contributed by atoms with van der Waals surface area (Å²) in [6.45, 7) is 2.12. The number of halogens is 1. The molecule has 0 radical (unpaired) electrons. The average Bonchev–Trinajstić information content (AvgIpc) is 2.75. The van der Waals surface area contributed by atoms with Crippen LogP contribution in [-0.4, -0.2) is 15.7 Å². The van der Waals surface area contributed by atoms with E-state index < -0.39 is 0 Å². The summed E-state index contributed by atoms with van der Waals surface area (Å²) in [6.07, 6.45) is 3.13. The molecule has 18 heavy (non-hydrogen) atoms. The van der Waals surface area contributed by atoms with Crippen LogP contribution >= 0.6 is 11.6 Å². The minimum absolute atomic E-state index is 0.0234. The molecule has 0 fully saturated rings. The van der Waals surface area contributed by atoms with Gasteiger partial charge < -0.3 is 5.32 Å². The first-order valence-electron chi connectivity index (χ1n) is 5.67. The predicted molar refractivity (Wildman–Crippen MR) is 70.2 cm³/mol. The largest absolute Gasteiger partial charge is 0.348 e. The predicted octanol–water partition coefficient (Wildman–Crippen LogP) is 2.41. The van der Waals surface area contributed by atoms with E-state index in [1.165, 1.54) is 10.9 Å². The van der Waals surface area contributed by atoms with Crippen LogP contribution < -0.4 is 5.32 Å². The molecule has 1 N–H and O–H groups in total. The fourth-order valence-electron chi connectivity index (χ4n) is 1.68. The van der Waals surface area contributed by atoms with Crippen LogP contribution in [0.4, 0.5) is 0 Å². The van der Waals surface area contributed by atoms with Crippen LogP contribution in [-0.2, 0) is 11.3 Å². The second-order valence-corrected chi connectivity index (χ2v) is 4.49. The molecule has 0 bridgehead atoms. The lowest BCUT2D eigenvalue weighted by molar-refractivity contribution is -0.122. The summed E-state index contributed by atoms with van der Waals surface area (Å²) >= 11 is 5.73. The highest BCUT2D eigenvalue weighted by Crippen LogP contribution is 2.11. The SMILES string of the molecule is CC(NC(=O)Cn1cc(Cl)cn1)c1ccccc1. The van der Waals surface area contributed by atoms with Gasteiger partial charge in [-0.25, -0.2) is 0 Å². The van der Waals surface area contributed by atoms with E-state index in [4.69, 9.17) is 11.6 Å². The van der Waals surface area contributed by atoms with Crippen LogP contribution in [0.1, 0.15) is 18.5 Å². The monoisotopic (exact) mass is 263 g/mol. The van der Waals surface area contributed by atoms with Crippen LogP contribution in [0.25, 0.3) is 0 Å². The highest BCUT2D eigenvalue weighted by atomic mass is 35.5. The highest BCUT2D eigenvalue weighted by molar-refractivity contribution is 6.30. The smallest absolute Gasteiger partial charge is 0.242 e. The average molecular weight is 264 g/mol. The Morgan fingerprint density at radius 3 is 2.78 bits per heavy atom. The Morgan fingerprint density at radius 2 is 2.17 bits per heavy atom. The van der Waals surface area contributed by atoms with Gasteiger partial charge in [-0.15, -0.1) is 0 Å². The van der Waals surface area contributed by atoms with Gasteiger partial charge in [-0.05, 0) is 12.5 Å². The number of nitrogens with one attached hydrogen (secondary N) is 1. The zero-order chi connectivity index (χ0) is 13.0. The van der Waals surface area contributed by atoms with Gasteiger partial charge in [-0.3, -0.25) is 9.48 Å². The number of amides is 1. The van der Waals surface area contributed by atoms with Crippen molar-refractivity contribution in [2.24, 2.45) is 0 Å². The van der Waals surface area contributed by atoms with E-state index >= 15 is 0 Å². The molecule has 1 aromatic heterocycles. The molecule has 1 amide bonds. The van der Waals surface area contributed by atoms with Gasteiger partial charge in [0.2, 0.25) is 5.91 Å². The van der Waals surface area contributed by atoms with Gasteiger partial charge in [0.25, 0.3) is 0 Å². The van der Waals surface area contributed by atoms with Gasteiger partial charge in [0.1, 0.15) is 6.54 Å². The van der Waals surface area contributed by atoms with Gasteiger partial charge in [0.15, 0.2) is 0 Å². The van der Waals surface area contributed by atoms with Crippen molar-refractivity contribution in [3.63, 3.8) is 0 Å². The Kier molecular flexibility index (Phi) is 3.99. The van der Waals surface area contributed by atoms with Gasteiger partial charge >= 0.3 is 0 Å². The summed E-state index contributed by atoms with van der Waals surface area (Å²) in [7, 11) is 0. The second-order valence-electron chi connectivity index (χ2n) is 4.06. The highest BCUT2D eigenvalue weighted by Gasteiger charge is 2.09. The number of hydrogen-bond donors (Lipinski definition) is 1. The van der Waals surface area contributed by atoms with Crippen LogP contribution in [0.3, 0.4) is 0 Å². The number of carbonyl (C=O) groups excluding carboxylic acids is 1. The van der Waals surface area contributed by atoms with Crippen LogP contribution in [0.15, 0.2) is 42.7 Å². The van der Waals surface area contributed by atoms with Crippen LogP contribution in [0.2, 0.25) is 5.02 Å². The molecule has 0 aliphatic rings. The lowest BCUT2D eigenvalue weighted by Gasteiger charge is -2.14. The fourth-order valence-corrected chi connectivity index (χ4v) is 1.84. The number of carbonyl (C=O) groups is 1. The van der Waals surface area contributed by atoms with Crippen molar-refractivity contribution in [1.29, 1.82) is 0 Å². The molecule has 0 aliphatic carbocycles. The van der Waals surface area contributed by atoms with Crippen molar-refractivity contribution < 1.29 is 4.79 Å². The normalized spacial score (nSPS) is 12.1. The summed E-state index contributed by atoms with van der Waals surface area (Å²) in [5, 5.41) is 7.40. The molecule has 0 saturated carbocycles. The molecular formula is C13H14ClN3O. The molecule has 1 unspecified atom stereocenters. The van der Waals surface area contributed by atoms with Crippen molar-refractivity contribution in [3.8, 4) is 0 Å². The van der Waals surface area contributed by atoms with E-state index in [2.05, 4.69) is 10.4 Å². The van der Waals surface area contributed by atoms with Gasteiger partial charge in [-0.1, -0.05) is 41.9 Å². The van der Waals surface area contributed by atoms with Gasteiger partial charge in [-0.2, -0.15) is 5.10 Å². The van der Waals surface area contributed by atoms with Crippen LogP contribution in [0.5, 0.6) is 0 Å². The standard InChI is InChI=1S/C13H14ClN3O/c1-10(11-5-3-2-4-6-11)16-13(18)9-17-8-12(14)7-15-17/h2-8,10H,9H2,1H3,(H,16,18). The zero-order valence-electron chi connectivity index (χ0n) is 10.0. The number of nitrogens with zero attached hydrogens (tertiary/aromatic N) is 2. The molecule has 0 aliphatic heterocycles. The molecule has 2 rings (SSSR count). The lowest BCUT2D eigenvalue weighted by atomic mass is 10.1. The zero-order valence-corrected chi connectivity index (χ0v) is 10.8. The molecular weight excluding hydrogens is 250 g/mol. The van der Waals surface area contributed by atoms with E-state index in [1.807, 2.05) is 37.3 Å². The first kappa shape index (κ1) is 12.6. The van der Waals surface area contributed by atoms with Crippen molar-refractivity contribution in [2.75, 3.05) is 0 Å². The van der Waals surface area contributed by atoms with Gasteiger partial charge in [0.05, 0.1) is 17.3 Å². The molecule has 4 nitrogen and oxygen atoms in total. The molecule has 0 saturated heterocycles. The van der Waals surface area contributed by atoms with Crippen molar-refractivity contribution >= 4 is 17.5 Å². The Hall–Kier alpha value is -1.81. The Morgan fingerprint density at radius 1 is 1.44 bits per heavy atom. The van der Waals surface area contributed by atoms with Crippen molar-refractivity contribution in [3.05, 3.63) is 53.3 Å². The Balaban J connectivity index is 1.92. The number of benzene rings is 1. The minimum atomic E-state index is -0.0916. The maximum atomic E-state index is 11.8. The third kappa shape index (κ3) is 3.34. The quantitative estimate of drug-likeness (QED) is 0.921. The summed E-state index contributed by atoms with van der Waals surface area (Å²) in [5.74, 6) is -0.0916. The first-order valence-corrected chi connectivity index (χ1v) is 6.05. The lowest BCUT2D eigenvalue weighted by Crippen LogP contribution is -2.30. The summed E-state index contributed by atoms with van der Waals surface area (Å²) < 4.78 is 1.51. The molecule has 94 valence electrons. The minimum Gasteiger partial charge on any atom is -0.348 e.